The highest BCUT2D eigenvalue weighted by Gasteiger charge is 2.30. The van der Waals surface area contributed by atoms with Gasteiger partial charge in [-0.3, -0.25) is 4.90 Å². The van der Waals surface area contributed by atoms with E-state index in [1.807, 2.05) is 41.3 Å². The molecule has 1 fully saturated rings. The maximum Gasteiger partial charge on any atom is 0.258 e. The van der Waals surface area contributed by atoms with Gasteiger partial charge in [-0.2, -0.15) is 0 Å². The van der Waals surface area contributed by atoms with E-state index in [0.717, 1.165) is 18.7 Å². The van der Waals surface area contributed by atoms with Crippen molar-refractivity contribution in [2.24, 2.45) is 0 Å². The van der Waals surface area contributed by atoms with Gasteiger partial charge in [0, 0.05) is 26.2 Å². The minimum atomic E-state index is -2.42. The van der Waals surface area contributed by atoms with Crippen molar-refractivity contribution in [1.82, 2.24) is 10.2 Å². The molecule has 144 valence electrons. The lowest BCUT2D eigenvalue weighted by Gasteiger charge is -2.34. The molecule has 1 atom stereocenters. The molecular weight excluding hydrogens is 381 g/mol. The van der Waals surface area contributed by atoms with Crippen LogP contribution in [0.25, 0.3) is 0 Å². The molecule has 1 N–H and O–H groups in total. The SMILES string of the molecule is Cl.Cl.FC(F)[C@@H](c1cccc(OCc2ccccc2)c1)N1CCNCC1. The number of hydrogen-bond acceptors (Lipinski definition) is 3. The van der Waals surface area contributed by atoms with Crippen LogP contribution in [-0.2, 0) is 6.61 Å². The van der Waals surface area contributed by atoms with Gasteiger partial charge in [-0.15, -0.1) is 24.8 Å². The fraction of sp³-hybridized carbons (Fsp3) is 0.368. The minimum absolute atomic E-state index is 0. The van der Waals surface area contributed by atoms with E-state index in [1.54, 1.807) is 18.2 Å². The van der Waals surface area contributed by atoms with Gasteiger partial charge in [0.1, 0.15) is 12.4 Å². The van der Waals surface area contributed by atoms with Crippen LogP contribution in [0.15, 0.2) is 54.6 Å². The summed E-state index contributed by atoms with van der Waals surface area (Å²) < 4.78 is 33.1. The molecule has 7 heteroatoms. The number of hydrogen-bond donors (Lipinski definition) is 1. The number of alkyl halides is 2. The van der Waals surface area contributed by atoms with Gasteiger partial charge in [0.2, 0.25) is 0 Å². The monoisotopic (exact) mass is 404 g/mol. The highest BCUT2D eigenvalue weighted by molar-refractivity contribution is 5.85. The van der Waals surface area contributed by atoms with Crippen LogP contribution in [0.5, 0.6) is 5.75 Å². The maximum absolute atomic E-state index is 13.6. The Kier molecular flexibility index (Phi) is 9.88. The Hall–Kier alpha value is -1.40. The van der Waals surface area contributed by atoms with E-state index in [9.17, 15) is 8.78 Å². The summed E-state index contributed by atoms with van der Waals surface area (Å²) in [7, 11) is 0. The van der Waals surface area contributed by atoms with Crippen molar-refractivity contribution in [2.75, 3.05) is 26.2 Å². The zero-order chi connectivity index (χ0) is 16.8. The van der Waals surface area contributed by atoms with E-state index in [4.69, 9.17) is 4.74 Å². The molecule has 0 bridgehead atoms. The van der Waals surface area contributed by atoms with E-state index in [2.05, 4.69) is 5.32 Å². The van der Waals surface area contributed by atoms with E-state index in [0.29, 0.717) is 31.0 Å². The second kappa shape index (κ2) is 11.3. The van der Waals surface area contributed by atoms with Gasteiger partial charge in [-0.1, -0.05) is 42.5 Å². The Bertz CT molecular complexity index is 640. The molecule has 3 rings (SSSR count). The summed E-state index contributed by atoms with van der Waals surface area (Å²) in [6, 6.07) is 16.0. The first-order chi connectivity index (χ1) is 11.7. The normalized spacial score (nSPS) is 15.7. The maximum atomic E-state index is 13.6. The largest absolute Gasteiger partial charge is 0.489 e. The highest BCUT2D eigenvalue weighted by Crippen LogP contribution is 2.30. The van der Waals surface area contributed by atoms with E-state index < -0.39 is 12.5 Å². The van der Waals surface area contributed by atoms with Crippen LogP contribution in [0.3, 0.4) is 0 Å². The fourth-order valence-electron chi connectivity index (χ4n) is 3.01. The van der Waals surface area contributed by atoms with Crippen molar-refractivity contribution >= 4 is 24.8 Å². The van der Waals surface area contributed by atoms with Crippen LogP contribution in [0.2, 0.25) is 0 Å². The number of benzene rings is 2. The predicted octanol–water partition coefficient (Wildman–Crippen LogP) is 4.32. The highest BCUT2D eigenvalue weighted by atomic mass is 35.5. The van der Waals surface area contributed by atoms with Crippen molar-refractivity contribution in [3.05, 3.63) is 65.7 Å². The number of nitrogens with one attached hydrogen (secondary N) is 1. The zero-order valence-electron chi connectivity index (χ0n) is 14.3. The summed E-state index contributed by atoms with van der Waals surface area (Å²) >= 11 is 0. The van der Waals surface area contributed by atoms with Crippen molar-refractivity contribution in [3.63, 3.8) is 0 Å². The first kappa shape index (κ1) is 22.6. The molecule has 26 heavy (non-hydrogen) atoms. The molecule has 1 saturated heterocycles. The van der Waals surface area contributed by atoms with Crippen LogP contribution in [0.4, 0.5) is 8.78 Å². The third-order valence-electron chi connectivity index (χ3n) is 4.23. The average molecular weight is 405 g/mol. The van der Waals surface area contributed by atoms with Crippen molar-refractivity contribution in [3.8, 4) is 5.75 Å². The number of rotatable bonds is 6. The second-order valence-corrected chi connectivity index (χ2v) is 5.91. The Morgan fingerprint density at radius 1 is 0.962 bits per heavy atom. The third-order valence-corrected chi connectivity index (χ3v) is 4.23. The predicted molar refractivity (Wildman–Crippen MR) is 105 cm³/mol. The lowest BCUT2D eigenvalue weighted by molar-refractivity contribution is 0.0181. The van der Waals surface area contributed by atoms with E-state index in [1.165, 1.54) is 0 Å². The van der Waals surface area contributed by atoms with Gasteiger partial charge in [0.05, 0.1) is 6.04 Å². The molecule has 0 aromatic heterocycles. The number of piperazine rings is 1. The summed E-state index contributed by atoms with van der Waals surface area (Å²) in [4.78, 5) is 1.84. The molecular formula is C19H24Cl2F2N2O. The number of halogens is 4. The van der Waals surface area contributed by atoms with Crippen LogP contribution >= 0.6 is 24.8 Å². The van der Waals surface area contributed by atoms with Gasteiger partial charge in [-0.25, -0.2) is 8.78 Å². The Morgan fingerprint density at radius 3 is 2.31 bits per heavy atom. The number of nitrogens with zero attached hydrogens (tertiary/aromatic N) is 1. The first-order valence-corrected chi connectivity index (χ1v) is 8.23. The second-order valence-electron chi connectivity index (χ2n) is 5.91. The molecule has 0 spiro atoms. The molecule has 1 aliphatic heterocycles. The van der Waals surface area contributed by atoms with Gasteiger partial charge in [-0.05, 0) is 23.3 Å². The van der Waals surface area contributed by atoms with Gasteiger partial charge < -0.3 is 10.1 Å². The van der Waals surface area contributed by atoms with Crippen LogP contribution in [0.1, 0.15) is 17.2 Å². The molecule has 0 radical (unpaired) electrons. The van der Waals surface area contributed by atoms with Gasteiger partial charge >= 0.3 is 0 Å². The Morgan fingerprint density at radius 2 is 1.65 bits per heavy atom. The van der Waals surface area contributed by atoms with Crippen molar-refractivity contribution in [2.45, 2.75) is 19.1 Å². The van der Waals surface area contributed by atoms with Gasteiger partial charge in [0.15, 0.2) is 0 Å². The van der Waals surface area contributed by atoms with Crippen LogP contribution in [0, 0.1) is 0 Å². The molecule has 2 aromatic carbocycles. The quantitative estimate of drug-likeness (QED) is 0.775. The molecule has 1 heterocycles. The van der Waals surface area contributed by atoms with Crippen molar-refractivity contribution < 1.29 is 13.5 Å². The fourth-order valence-corrected chi connectivity index (χ4v) is 3.01. The topological polar surface area (TPSA) is 24.5 Å². The lowest BCUT2D eigenvalue weighted by Crippen LogP contribution is -2.46. The van der Waals surface area contributed by atoms with Crippen LogP contribution in [-0.4, -0.2) is 37.5 Å². The molecule has 0 saturated carbocycles. The Balaban J connectivity index is 0.00000169. The van der Waals surface area contributed by atoms with E-state index >= 15 is 0 Å². The van der Waals surface area contributed by atoms with Crippen LogP contribution < -0.4 is 10.1 Å². The summed E-state index contributed by atoms with van der Waals surface area (Å²) in [6.45, 7) is 3.17. The van der Waals surface area contributed by atoms with E-state index in [-0.39, 0.29) is 24.8 Å². The third kappa shape index (κ3) is 6.09. The number of ether oxygens (including phenoxy) is 1. The van der Waals surface area contributed by atoms with Crippen molar-refractivity contribution in [1.29, 1.82) is 0 Å². The molecule has 2 aromatic rings. The lowest BCUT2D eigenvalue weighted by atomic mass is 10.0. The Labute approximate surface area is 165 Å². The molecule has 0 unspecified atom stereocenters. The summed E-state index contributed by atoms with van der Waals surface area (Å²) in [6.07, 6.45) is -2.42. The average Bonchev–Trinajstić information content (AvgIpc) is 2.62. The van der Waals surface area contributed by atoms with Gasteiger partial charge in [0.25, 0.3) is 6.43 Å². The molecule has 0 aliphatic carbocycles. The molecule has 1 aliphatic rings. The minimum Gasteiger partial charge on any atom is -0.489 e. The smallest absolute Gasteiger partial charge is 0.258 e. The summed E-state index contributed by atoms with van der Waals surface area (Å²) in [5.74, 6) is 0.622. The summed E-state index contributed by atoms with van der Waals surface area (Å²) in [5.41, 5.74) is 1.66. The summed E-state index contributed by atoms with van der Waals surface area (Å²) in [5, 5.41) is 3.20. The first-order valence-electron chi connectivity index (χ1n) is 8.23. The zero-order valence-corrected chi connectivity index (χ0v) is 15.9. The molecule has 0 amide bonds. The molecule has 3 nitrogen and oxygen atoms in total. The standard InChI is InChI=1S/C19H22F2N2O.2ClH/c20-19(21)18(23-11-9-22-10-12-23)16-7-4-8-17(13-16)24-14-15-5-2-1-3-6-15;;/h1-8,13,18-19,22H,9-12,14H2;2*1H/t18-;;/m1../s1.